The molecule has 4 rings (SSSR count). The minimum Gasteiger partial charge on any atom is -0.463 e. The summed E-state index contributed by atoms with van der Waals surface area (Å²) in [6.07, 6.45) is 2.09. The third-order valence-electron chi connectivity index (χ3n) is 3.58. The number of amides is 1. The molecular weight excluding hydrogens is 336 g/mol. The second kappa shape index (κ2) is 5.72. The van der Waals surface area contributed by atoms with Crippen molar-refractivity contribution in [2.24, 2.45) is 5.10 Å². The minimum atomic E-state index is -0.336. The molecule has 23 heavy (non-hydrogen) atoms. The normalized spacial score (nSPS) is 17.5. The first-order valence-corrected chi connectivity index (χ1v) is 8.22. The van der Waals surface area contributed by atoms with E-state index in [1.165, 1.54) is 16.3 Å². The predicted molar refractivity (Wildman–Crippen MR) is 86.8 cm³/mol. The Hall–Kier alpha value is -2.31. The van der Waals surface area contributed by atoms with Gasteiger partial charge in [0.05, 0.1) is 11.1 Å². The zero-order valence-electron chi connectivity index (χ0n) is 11.8. The maximum absolute atomic E-state index is 12.7. The summed E-state index contributed by atoms with van der Waals surface area (Å²) in [4.78, 5) is 13.4. The summed E-state index contributed by atoms with van der Waals surface area (Å²) in [5.41, 5.74) is 0.706. The Morgan fingerprint density at radius 3 is 2.87 bits per heavy atom. The molecule has 0 N–H and O–H groups in total. The van der Waals surface area contributed by atoms with Crippen molar-refractivity contribution in [2.45, 2.75) is 12.5 Å². The van der Waals surface area contributed by atoms with Crippen LogP contribution in [0.25, 0.3) is 0 Å². The summed E-state index contributed by atoms with van der Waals surface area (Å²) in [7, 11) is 0. The van der Waals surface area contributed by atoms with Gasteiger partial charge in [-0.15, -0.1) is 11.3 Å². The van der Waals surface area contributed by atoms with E-state index in [1.807, 2.05) is 17.5 Å². The molecule has 1 amide bonds. The molecular formula is C16H11ClN2O3S. The van der Waals surface area contributed by atoms with E-state index in [-0.39, 0.29) is 17.2 Å². The Balaban J connectivity index is 1.72. The van der Waals surface area contributed by atoms with Gasteiger partial charge in [0.2, 0.25) is 0 Å². The first-order valence-electron chi connectivity index (χ1n) is 6.96. The van der Waals surface area contributed by atoms with Crippen molar-refractivity contribution < 1.29 is 13.6 Å². The summed E-state index contributed by atoms with van der Waals surface area (Å²) in [5.74, 6) is 1.08. The van der Waals surface area contributed by atoms with Crippen LogP contribution >= 0.6 is 22.9 Å². The Labute approximate surface area is 140 Å². The van der Waals surface area contributed by atoms with Crippen LogP contribution in [0.1, 0.15) is 33.7 Å². The molecule has 3 aromatic rings. The summed E-state index contributed by atoms with van der Waals surface area (Å²) in [5, 5.41) is 8.05. The summed E-state index contributed by atoms with van der Waals surface area (Å²) >= 11 is 7.26. The van der Waals surface area contributed by atoms with Crippen LogP contribution in [0.5, 0.6) is 0 Å². The van der Waals surface area contributed by atoms with Crippen LogP contribution in [0.3, 0.4) is 0 Å². The van der Waals surface area contributed by atoms with Crippen molar-refractivity contribution in [3.05, 3.63) is 69.7 Å². The number of rotatable bonds is 3. The topological polar surface area (TPSA) is 59.0 Å². The number of furan rings is 2. The number of nitrogens with zero attached hydrogens (tertiary/aromatic N) is 2. The molecule has 5 nitrogen and oxygen atoms in total. The lowest BCUT2D eigenvalue weighted by molar-refractivity contribution is 0.0698. The highest BCUT2D eigenvalue weighted by molar-refractivity contribution is 7.12. The van der Waals surface area contributed by atoms with Gasteiger partial charge in [0.25, 0.3) is 5.91 Å². The van der Waals surface area contributed by atoms with Gasteiger partial charge in [-0.1, -0.05) is 6.07 Å². The first-order chi connectivity index (χ1) is 11.2. The molecule has 0 spiro atoms. The first kappa shape index (κ1) is 14.3. The zero-order valence-corrected chi connectivity index (χ0v) is 13.4. The second-order valence-corrected chi connectivity index (χ2v) is 6.33. The highest BCUT2D eigenvalue weighted by Crippen LogP contribution is 2.36. The van der Waals surface area contributed by atoms with Crippen molar-refractivity contribution in [3.63, 3.8) is 0 Å². The Bertz CT molecular complexity index is 852. The number of thiophene rings is 1. The second-order valence-electron chi connectivity index (χ2n) is 5.01. The summed E-state index contributed by atoms with van der Waals surface area (Å²) in [6.45, 7) is 0. The van der Waals surface area contributed by atoms with Gasteiger partial charge in [0.1, 0.15) is 23.3 Å². The molecule has 0 saturated heterocycles. The van der Waals surface area contributed by atoms with Gasteiger partial charge in [-0.2, -0.15) is 5.10 Å². The van der Waals surface area contributed by atoms with E-state index in [0.717, 1.165) is 0 Å². The molecule has 0 bridgehead atoms. The fourth-order valence-corrected chi connectivity index (χ4v) is 3.34. The minimum absolute atomic E-state index is 0.168. The van der Waals surface area contributed by atoms with E-state index in [2.05, 4.69) is 5.10 Å². The van der Waals surface area contributed by atoms with E-state index in [0.29, 0.717) is 28.5 Å². The lowest BCUT2D eigenvalue weighted by Gasteiger charge is -2.18. The van der Waals surface area contributed by atoms with E-state index < -0.39 is 0 Å². The molecule has 0 saturated carbocycles. The maximum Gasteiger partial charge on any atom is 0.284 e. The van der Waals surface area contributed by atoms with E-state index in [1.54, 1.807) is 30.5 Å². The van der Waals surface area contributed by atoms with Gasteiger partial charge < -0.3 is 8.83 Å². The number of hydrazone groups is 1. The maximum atomic E-state index is 12.7. The highest BCUT2D eigenvalue weighted by atomic mass is 35.5. The summed E-state index contributed by atoms with van der Waals surface area (Å²) < 4.78 is 10.9. The van der Waals surface area contributed by atoms with Crippen LogP contribution in [-0.4, -0.2) is 16.6 Å². The van der Waals surface area contributed by atoms with Crippen LogP contribution in [0.2, 0.25) is 5.22 Å². The van der Waals surface area contributed by atoms with Crippen molar-refractivity contribution in [2.75, 3.05) is 0 Å². The van der Waals surface area contributed by atoms with Crippen LogP contribution in [0.4, 0.5) is 0 Å². The van der Waals surface area contributed by atoms with Crippen LogP contribution in [0.15, 0.2) is 62.0 Å². The number of hydrogen-bond donors (Lipinski definition) is 0. The van der Waals surface area contributed by atoms with E-state index in [9.17, 15) is 4.79 Å². The van der Waals surface area contributed by atoms with Gasteiger partial charge in [-0.25, -0.2) is 5.01 Å². The monoisotopic (exact) mass is 346 g/mol. The van der Waals surface area contributed by atoms with Crippen molar-refractivity contribution in [1.29, 1.82) is 0 Å². The molecule has 1 aliphatic heterocycles. The van der Waals surface area contributed by atoms with E-state index in [4.69, 9.17) is 20.4 Å². The summed E-state index contributed by atoms with van der Waals surface area (Å²) in [6, 6.07) is 10.3. The van der Waals surface area contributed by atoms with Gasteiger partial charge in [0, 0.05) is 6.42 Å². The van der Waals surface area contributed by atoms with Crippen LogP contribution in [0, 0.1) is 0 Å². The van der Waals surface area contributed by atoms with Gasteiger partial charge in [-0.3, -0.25) is 4.79 Å². The zero-order chi connectivity index (χ0) is 15.8. The SMILES string of the molecule is O=C(c1cccs1)N1N=C(c2ccco2)C[C@H]1c1ccc(Cl)o1. The molecule has 3 aromatic heterocycles. The highest BCUT2D eigenvalue weighted by Gasteiger charge is 2.36. The van der Waals surface area contributed by atoms with Gasteiger partial charge in [0.15, 0.2) is 5.22 Å². The van der Waals surface area contributed by atoms with Crippen molar-refractivity contribution in [3.8, 4) is 0 Å². The average Bonchev–Trinajstić information content (AvgIpc) is 3.31. The molecule has 116 valence electrons. The molecule has 0 unspecified atom stereocenters. The molecule has 1 atom stereocenters. The molecule has 0 radical (unpaired) electrons. The quantitative estimate of drug-likeness (QED) is 0.697. The number of carbonyl (C=O) groups excluding carboxylic acids is 1. The number of halogens is 1. The van der Waals surface area contributed by atoms with Crippen molar-refractivity contribution in [1.82, 2.24) is 5.01 Å². The molecule has 4 heterocycles. The standard InChI is InChI=1S/C16H11ClN2O3S/c17-15-6-5-13(22-15)11-9-10(12-3-1-7-21-12)18-19(11)16(20)14-4-2-8-23-14/h1-8,11H,9H2/t11-/m0/s1. The lowest BCUT2D eigenvalue weighted by Crippen LogP contribution is -2.26. The van der Waals surface area contributed by atoms with Crippen molar-refractivity contribution >= 4 is 34.6 Å². The number of carbonyl (C=O) groups is 1. The third-order valence-corrected chi connectivity index (χ3v) is 4.64. The molecule has 0 aliphatic carbocycles. The fourth-order valence-electron chi connectivity index (χ4n) is 2.53. The smallest absolute Gasteiger partial charge is 0.284 e. The molecule has 0 aromatic carbocycles. The van der Waals surface area contributed by atoms with Crippen LogP contribution in [-0.2, 0) is 0 Å². The Kier molecular flexibility index (Phi) is 3.55. The molecule has 1 aliphatic rings. The van der Waals surface area contributed by atoms with Crippen LogP contribution < -0.4 is 0 Å². The Morgan fingerprint density at radius 2 is 2.22 bits per heavy atom. The van der Waals surface area contributed by atoms with E-state index >= 15 is 0 Å². The lowest BCUT2D eigenvalue weighted by atomic mass is 10.1. The fraction of sp³-hybridized carbons (Fsp3) is 0.125. The van der Waals surface area contributed by atoms with Gasteiger partial charge in [-0.05, 0) is 47.3 Å². The average molecular weight is 347 g/mol. The molecule has 0 fully saturated rings. The Morgan fingerprint density at radius 1 is 1.30 bits per heavy atom. The molecule has 7 heteroatoms. The largest absolute Gasteiger partial charge is 0.463 e. The number of hydrogen-bond acceptors (Lipinski definition) is 5. The van der Waals surface area contributed by atoms with Gasteiger partial charge >= 0.3 is 0 Å². The predicted octanol–water partition coefficient (Wildman–Crippen LogP) is 4.58. The third kappa shape index (κ3) is 2.60.